The van der Waals surface area contributed by atoms with Gasteiger partial charge in [0.2, 0.25) is 0 Å². The van der Waals surface area contributed by atoms with E-state index in [1.807, 2.05) is 35.2 Å². The number of aliphatic hydroxyl groups excluding tert-OH is 1. The number of fused-ring (bicyclic) bond motifs is 3. The maximum Gasteiger partial charge on any atom is 0.259 e. The molecule has 0 saturated heterocycles. The van der Waals surface area contributed by atoms with Crippen molar-refractivity contribution in [1.82, 2.24) is 9.97 Å². The lowest BCUT2D eigenvalue weighted by Gasteiger charge is -2.23. The van der Waals surface area contributed by atoms with Crippen LogP contribution in [0.2, 0.25) is 0 Å². The summed E-state index contributed by atoms with van der Waals surface area (Å²) in [5, 5.41) is 10.1. The third kappa shape index (κ3) is 2.72. The Hall–Kier alpha value is -2.18. The number of nitrogens with one attached hydrogen (secondary N) is 1. The van der Waals surface area contributed by atoms with Crippen LogP contribution in [0, 0.1) is 0 Å². The lowest BCUT2D eigenvalue weighted by molar-refractivity contribution is 0.301. The van der Waals surface area contributed by atoms with E-state index in [4.69, 9.17) is 0 Å². The van der Waals surface area contributed by atoms with Gasteiger partial charge >= 0.3 is 0 Å². The number of aliphatic hydroxyl groups is 1. The van der Waals surface area contributed by atoms with Crippen LogP contribution >= 0.6 is 11.3 Å². The molecule has 24 heavy (non-hydrogen) atoms. The Morgan fingerprint density at radius 3 is 2.88 bits per heavy atom. The minimum Gasteiger partial charge on any atom is -0.395 e. The molecule has 4 rings (SSSR count). The van der Waals surface area contributed by atoms with Crippen LogP contribution in [0.3, 0.4) is 0 Å². The first-order valence-electron chi connectivity index (χ1n) is 8.20. The normalized spacial score (nSPS) is 13.4. The van der Waals surface area contributed by atoms with E-state index < -0.39 is 0 Å². The average Bonchev–Trinajstić information content (AvgIpc) is 3.15. The standard InChI is InChI=1S/C18H19N3O2S/c22-10-9-21(12-5-2-1-3-6-12)11-15-19-17(23)16-13-7-4-8-14(13)24-18(16)20-15/h1-3,5-6,22H,4,7-11H2,(H,19,20,23). The maximum absolute atomic E-state index is 12.5. The number of aryl methyl sites for hydroxylation is 2. The number of thiophene rings is 1. The minimum atomic E-state index is -0.0357. The third-order valence-corrected chi connectivity index (χ3v) is 5.64. The van der Waals surface area contributed by atoms with Gasteiger partial charge in [0.15, 0.2) is 0 Å². The number of hydrogen-bond acceptors (Lipinski definition) is 5. The number of nitrogens with zero attached hydrogens (tertiary/aromatic N) is 2. The molecule has 0 radical (unpaired) electrons. The largest absolute Gasteiger partial charge is 0.395 e. The second-order valence-electron chi connectivity index (χ2n) is 6.03. The smallest absolute Gasteiger partial charge is 0.259 e. The van der Waals surface area contributed by atoms with E-state index in [-0.39, 0.29) is 12.2 Å². The predicted octanol–water partition coefficient (Wildman–Crippen LogP) is 2.47. The summed E-state index contributed by atoms with van der Waals surface area (Å²) in [5.41, 5.74) is 2.17. The van der Waals surface area contributed by atoms with Crippen molar-refractivity contribution in [3.05, 3.63) is 57.0 Å². The van der Waals surface area contributed by atoms with Gasteiger partial charge in [0.1, 0.15) is 10.7 Å². The van der Waals surface area contributed by atoms with Crippen molar-refractivity contribution in [1.29, 1.82) is 0 Å². The second kappa shape index (κ2) is 6.37. The quantitative estimate of drug-likeness (QED) is 0.748. The number of hydrogen-bond donors (Lipinski definition) is 2. The van der Waals surface area contributed by atoms with Crippen molar-refractivity contribution in [2.45, 2.75) is 25.8 Å². The molecule has 5 nitrogen and oxygen atoms in total. The summed E-state index contributed by atoms with van der Waals surface area (Å²) >= 11 is 1.65. The molecule has 2 heterocycles. The van der Waals surface area contributed by atoms with Gasteiger partial charge in [0.05, 0.1) is 18.5 Å². The maximum atomic E-state index is 12.5. The van der Waals surface area contributed by atoms with Crippen LogP contribution in [0.5, 0.6) is 0 Å². The molecule has 0 unspecified atom stereocenters. The van der Waals surface area contributed by atoms with Crippen LogP contribution in [-0.2, 0) is 19.4 Å². The zero-order valence-corrected chi connectivity index (χ0v) is 14.1. The number of para-hydroxylation sites is 1. The van der Waals surface area contributed by atoms with Gasteiger partial charge in [-0.25, -0.2) is 4.98 Å². The molecular weight excluding hydrogens is 322 g/mol. The zero-order chi connectivity index (χ0) is 16.5. The second-order valence-corrected chi connectivity index (χ2v) is 7.11. The molecule has 1 aromatic carbocycles. The Kier molecular flexibility index (Phi) is 4.08. The van der Waals surface area contributed by atoms with Crippen molar-refractivity contribution >= 4 is 27.2 Å². The molecule has 1 aliphatic rings. The summed E-state index contributed by atoms with van der Waals surface area (Å²) in [6.45, 7) is 1.01. The highest BCUT2D eigenvalue weighted by Crippen LogP contribution is 2.34. The highest BCUT2D eigenvalue weighted by Gasteiger charge is 2.21. The summed E-state index contributed by atoms with van der Waals surface area (Å²) < 4.78 is 0. The van der Waals surface area contributed by atoms with E-state index in [0.29, 0.717) is 18.9 Å². The summed E-state index contributed by atoms with van der Waals surface area (Å²) in [6.07, 6.45) is 3.18. The molecule has 1 aliphatic carbocycles. The topological polar surface area (TPSA) is 69.2 Å². The first kappa shape index (κ1) is 15.4. The SMILES string of the molecule is O=c1[nH]c(CN(CCO)c2ccccc2)nc2sc3c(c12)CCC3. The Balaban J connectivity index is 1.70. The fourth-order valence-electron chi connectivity index (χ4n) is 3.36. The van der Waals surface area contributed by atoms with Gasteiger partial charge in [-0.15, -0.1) is 11.3 Å². The third-order valence-electron chi connectivity index (χ3n) is 4.46. The number of H-pyrrole nitrogens is 1. The first-order chi connectivity index (χ1) is 11.8. The highest BCUT2D eigenvalue weighted by molar-refractivity contribution is 7.18. The molecule has 0 aliphatic heterocycles. The highest BCUT2D eigenvalue weighted by atomic mass is 32.1. The molecule has 0 spiro atoms. The molecule has 2 N–H and O–H groups in total. The lowest BCUT2D eigenvalue weighted by atomic mass is 10.2. The van der Waals surface area contributed by atoms with Gasteiger partial charge in [-0.3, -0.25) is 4.79 Å². The van der Waals surface area contributed by atoms with Crippen molar-refractivity contribution in [2.75, 3.05) is 18.1 Å². The predicted molar refractivity (Wildman–Crippen MR) is 96.8 cm³/mol. The van der Waals surface area contributed by atoms with Gasteiger partial charge < -0.3 is 15.0 Å². The molecule has 0 amide bonds. The number of aromatic amines is 1. The molecule has 6 heteroatoms. The molecule has 0 saturated carbocycles. The van der Waals surface area contributed by atoms with Crippen molar-refractivity contribution in [2.24, 2.45) is 0 Å². The number of aromatic nitrogens is 2. The fraction of sp³-hybridized carbons (Fsp3) is 0.333. The fourth-order valence-corrected chi connectivity index (χ4v) is 4.64. The average molecular weight is 341 g/mol. The monoisotopic (exact) mass is 341 g/mol. The van der Waals surface area contributed by atoms with E-state index in [1.165, 1.54) is 10.4 Å². The first-order valence-corrected chi connectivity index (χ1v) is 9.02. The van der Waals surface area contributed by atoms with Crippen LogP contribution in [0.15, 0.2) is 35.1 Å². The summed E-state index contributed by atoms with van der Waals surface area (Å²) in [6, 6.07) is 9.86. The van der Waals surface area contributed by atoms with Crippen molar-refractivity contribution in [3.8, 4) is 0 Å². The van der Waals surface area contributed by atoms with Crippen LogP contribution in [-0.4, -0.2) is 28.2 Å². The molecular formula is C18H19N3O2S. The van der Waals surface area contributed by atoms with Crippen molar-refractivity contribution in [3.63, 3.8) is 0 Å². The Labute approximate surface area is 143 Å². The Morgan fingerprint density at radius 2 is 2.08 bits per heavy atom. The number of anilines is 1. The zero-order valence-electron chi connectivity index (χ0n) is 13.3. The molecule has 2 aromatic heterocycles. The van der Waals surface area contributed by atoms with Crippen LogP contribution < -0.4 is 10.5 Å². The van der Waals surface area contributed by atoms with E-state index in [2.05, 4.69) is 9.97 Å². The van der Waals surface area contributed by atoms with E-state index >= 15 is 0 Å². The van der Waals surface area contributed by atoms with Crippen LogP contribution in [0.1, 0.15) is 22.7 Å². The van der Waals surface area contributed by atoms with Crippen molar-refractivity contribution < 1.29 is 5.11 Å². The van der Waals surface area contributed by atoms with E-state index in [0.717, 1.165) is 35.2 Å². The molecule has 124 valence electrons. The lowest BCUT2D eigenvalue weighted by Crippen LogP contribution is -2.28. The summed E-state index contributed by atoms with van der Waals surface area (Å²) in [5.74, 6) is 0.643. The number of benzene rings is 1. The van der Waals surface area contributed by atoms with E-state index in [9.17, 15) is 9.90 Å². The number of rotatable bonds is 5. The molecule has 0 fully saturated rings. The molecule has 3 aromatic rings. The van der Waals surface area contributed by atoms with Gasteiger partial charge in [0, 0.05) is 17.1 Å². The minimum absolute atomic E-state index is 0.0357. The van der Waals surface area contributed by atoms with Crippen LogP contribution in [0.25, 0.3) is 10.2 Å². The molecule has 0 atom stereocenters. The molecule has 0 bridgehead atoms. The van der Waals surface area contributed by atoms with E-state index in [1.54, 1.807) is 11.3 Å². The van der Waals surface area contributed by atoms with Crippen LogP contribution in [0.4, 0.5) is 5.69 Å². The Bertz CT molecular complexity index is 917. The van der Waals surface area contributed by atoms with Gasteiger partial charge in [-0.05, 0) is 37.0 Å². The summed E-state index contributed by atoms with van der Waals surface area (Å²) in [4.78, 5) is 24.3. The summed E-state index contributed by atoms with van der Waals surface area (Å²) in [7, 11) is 0. The Morgan fingerprint density at radius 1 is 1.25 bits per heavy atom. The van der Waals surface area contributed by atoms with Gasteiger partial charge in [-0.1, -0.05) is 18.2 Å². The van der Waals surface area contributed by atoms with Gasteiger partial charge in [-0.2, -0.15) is 0 Å². The van der Waals surface area contributed by atoms with Gasteiger partial charge in [0.25, 0.3) is 5.56 Å².